The maximum atomic E-state index is 10.1. The smallest absolute Gasteiger partial charge is 0.0626 e. The van der Waals surface area contributed by atoms with Gasteiger partial charge in [0.25, 0.3) is 0 Å². The zero-order chi connectivity index (χ0) is 18.5. The molecule has 0 aliphatic heterocycles. The summed E-state index contributed by atoms with van der Waals surface area (Å²) in [6.45, 7) is 7.96. The fraction of sp³-hybridized carbons (Fsp3) is 0.870. The molecular formula is C23H37NO2. The first kappa shape index (κ1) is 18.7. The Bertz CT molecular complexity index is 611. The molecule has 4 aliphatic rings. The van der Waals surface area contributed by atoms with E-state index in [1.54, 1.807) is 5.57 Å². The van der Waals surface area contributed by atoms with E-state index in [4.69, 9.17) is 5.11 Å². The second kappa shape index (κ2) is 6.74. The Kier molecular flexibility index (Phi) is 4.84. The molecule has 3 fully saturated rings. The Hall–Kier alpha value is -0.670. The van der Waals surface area contributed by atoms with Crippen LogP contribution >= 0.6 is 0 Å². The predicted molar refractivity (Wildman–Crippen MR) is 106 cm³/mol. The van der Waals surface area contributed by atoms with Gasteiger partial charge in [-0.2, -0.15) is 0 Å². The van der Waals surface area contributed by atoms with Crippen LogP contribution in [0.2, 0.25) is 0 Å². The van der Waals surface area contributed by atoms with Crippen molar-refractivity contribution in [3.8, 4) is 0 Å². The molecular weight excluding hydrogens is 322 g/mol. The molecule has 3 heteroatoms. The molecule has 2 N–H and O–H groups in total. The lowest BCUT2D eigenvalue weighted by atomic mass is 9.47. The lowest BCUT2D eigenvalue weighted by Gasteiger charge is -2.58. The van der Waals surface area contributed by atoms with E-state index in [9.17, 15) is 5.11 Å². The summed E-state index contributed by atoms with van der Waals surface area (Å²) in [6.07, 6.45) is 12.0. The quantitative estimate of drug-likeness (QED) is 0.580. The van der Waals surface area contributed by atoms with E-state index in [1.807, 2.05) is 0 Å². The number of nitrogens with zero attached hydrogens (tertiary/aromatic N) is 1. The number of allylic oxidation sites excluding steroid dienone is 1. The minimum atomic E-state index is -0.110. The number of hydrogen-bond donors (Lipinski definition) is 2. The molecule has 4 aliphatic carbocycles. The van der Waals surface area contributed by atoms with Gasteiger partial charge < -0.3 is 10.2 Å². The van der Waals surface area contributed by atoms with Gasteiger partial charge in [-0.25, -0.2) is 0 Å². The van der Waals surface area contributed by atoms with Gasteiger partial charge in [0.05, 0.1) is 19.3 Å². The largest absolute Gasteiger partial charge is 0.394 e. The van der Waals surface area contributed by atoms with Gasteiger partial charge in [0.1, 0.15) is 0 Å². The number of fused-ring (bicyclic) bond motifs is 5. The summed E-state index contributed by atoms with van der Waals surface area (Å²) in [7, 11) is 0. The number of aliphatic hydroxyl groups is 2. The number of aliphatic imine (C=N–C) groups is 1. The van der Waals surface area contributed by atoms with Crippen molar-refractivity contribution in [3.05, 3.63) is 11.6 Å². The third-order valence-electron chi connectivity index (χ3n) is 9.04. The summed E-state index contributed by atoms with van der Waals surface area (Å²) < 4.78 is 0. The first-order valence-electron chi connectivity index (χ1n) is 10.9. The second-order valence-electron chi connectivity index (χ2n) is 10.1. The molecule has 3 saturated carbocycles. The van der Waals surface area contributed by atoms with Crippen LogP contribution in [0.25, 0.3) is 0 Å². The highest BCUT2D eigenvalue weighted by atomic mass is 16.3. The predicted octanol–water partition coefficient (Wildman–Crippen LogP) is 4.38. The average molecular weight is 360 g/mol. The summed E-state index contributed by atoms with van der Waals surface area (Å²) in [5.41, 5.74) is 3.57. The van der Waals surface area contributed by atoms with Crippen LogP contribution in [0.3, 0.4) is 0 Å². The van der Waals surface area contributed by atoms with E-state index in [0.717, 1.165) is 30.6 Å². The molecule has 146 valence electrons. The number of aliphatic hydroxyl groups excluding tert-OH is 2. The van der Waals surface area contributed by atoms with E-state index in [1.165, 1.54) is 44.2 Å². The van der Waals surface area contributed by atoms with Crippen LogP contribution in [0.5, 0.6) is 0 Å². The highest BCUT2D eigenvalue weighted by Crippen LogP contribution is 2.66. The molecule has 3 nitrogen and oxygen atoms in total. The van der Waals surface area contributed by atoms with E-state index in [-0.39, 0.29) is 12.7 Å². The average Bonchev–Trinajstić information content (AvgIpc) is 2.97. The minimum Gasteiger partial charge on any atom is -0.394 e. The summed E-state index contributed by atoms with van der Waals surface area (Å²) in [5.74, 6) is 3.04. The standard InChI is InChI=1S/C23H37NO2/c1-15(24-12-13-25)19-6-7-20-18-5-4-16-14-17(26)8-10-22(16,2)21(18)9-11-23(19,20)3/h4,17-21,25-26H,5-14H2,1-3H3/t17-,18-,19+,20-,21-,22-,23+/m0/s1. The lowest BCUT2D eigenvalue weighted by molar-refractivity contribution is -0.0423. The summed E-state index contributed by atoms with van der Waals surface area (Å²) in [6, 6.07) is 0. The molecule has 0 unspecified atom stereocenters. The zero-order valence-electron chi connectivity index (χ0n) is 16.9. The van der Waals surface area contributed by atoms with Gasteiger partial charge >= 0.3 is 0 Å². The third-order valence-corrected chi connectivity index (χ3v) is 9.04. The second-order valence-corrected chi connectivity index (χ2v) is 10.1. The van der Waals surface area contributed by atoms with Crippen LogP contribution < -0.4 is 0 Å². The Morgan fingerprint density at radius 2 is 1.96 bits per heavy atom. The molecule has 0 aromatic heterocycles. The van der Waals surface area contributed by atoms with Crippen LogP contribution in [0.15, 0.2) is 16.6 Å². The van der Waals surface area contributed by atoms with Crippen molar-refractivity contribution >= 4 is 5.71 Å². The van der Waals surface area contributed by atoms with Crippen molar-refractivity contribution < 1.29 is 10.2 Å². The van der Waals surface area contributed by atoms with E-state index in [2.05, 4.69) is 31.8 Å². The van der Waals surface area contributed by atoms with Crippen LogP contribution in [0.1, 0.15) is 72.1 Å². The van der Waals surface area contributed by atoms with Gasteiger partial charge in [-0.3, -0.25) is 4.99 Å². The Balaban J connectivity index is 1.60. The molecule has 0 amide bonds. The Morgan fingerprint density at radius 1 is 1.15 bits per heavy atom. The van der Waals surface area contributed by atoms with Gasteiger partial charge in [0.15, 0.2) is 0 Å². The molecule has 4 rings (SSSR count). The van der Waals surface area contributed by atoms with Crippen molar-refractivity contribution in [2.24, 2.45) is 39.5 Å². The van der Waals surface area contributed by atoms with E-state index >= 15 is 0 Å². The van der Waals surface area contributed by atoms with Crippen LogP contribution in [-0.2, 0) is 0 Å². The molecule has 0 aromatic carbocycles. The fourth-order valence-electron chi connectivity index (χ4n) is 7.66. The van der Waals surface area contributed by atoms with Crippen LogP contribution in [0.4, 0.5) is 0 Å². The Labute approximate surface area is 159 Å². The van der Waals surface area contributed by atoms with Gasteiger partial charge in [-0.05, 0) is 86.9 Å². The van der Waals surface area contributed by atoms with Crippen LogP contribution in [0, 0.1) is 34.5 Å². The van der Waals surface area contributed by atoms with Crippen molar-refractivity contribution in [2.75, 3.05) is 13.2 Å². The SMILES string of the molecule is CC(=NCCO)[C@H]1CC[C@H]2[C@@H]3CC=C4C[C@@H](O)CC[C@]4(C)[C@H]3CC[C@]12C. The molecule has 0 saturated heterocycles. The first-order valence-corrected chi connectivity index (χ1v) is 10.9. The highest BCUT2D eigenvalue weighted by Gasteiger charge is 2.58. The van der Waals surface area contributed by atoms with Gasteiger partial charge in [0, 0.05) is 11.6 Å². The fourth-order valence-corrected chi connectivity index (χ4v) is 7.66. The Morgan fingerprint density at radius 3 is 2.73 bits per heavy atom. The maximum absolute atomic E-state index is 10.1. The van der Waals surface area contributed by atoms with E-state index < -0.39 is 0 Å². The maximum Gasteiger partial charge on any atom is 0.0626 e. The zero-order valence-corrected chi connectivity index (χ0v) is 16.9. The molecule has 7 atom stereocenters. The molecule has 0 bridgehead atoms. The molecule has 0 spiro atoms. The highest BCUT2D eigenvalue weighted by molar-refractivity contribution is 5.85. The van der Waals surface area contributed by atoms with Crippen molar-refractivity contribution in [1.82, 2.24) is 0 Å². The topological polar surface area (TPSA) is 52.8 Å². The summed E-state index contributed by atoms with van der Waals surface area (Å²) in [5, 5.41) is 19.3. The molecule has 0 aromatic rings. The lowest BCUT2D eigenvalue weighted by Crippen LogP contribution is -2.50. The van der Waals surface area contributed by atoms with Gasteiger partial charge in [0.2, 0.25) is 0 Å². The molecule has 26 heavy (non-hydrogen) atoms. The molecule has 0 radical (unpaired) electrons. The monoisotopic (exact) mass is 359 g/mol. The van der Waals surface area contributed by atoms with Gasteiger partial charge in [-0.1, -0.05) is 25.5 Å². The summed E-state index contributed by atoms with van der Waals surface area (Å²) >= 11 is 0. The molecule has 0 heterocycles. The van der Waals surface area contributed by atoms with Crippen molar-refractivity contribution in [1.29, 1.82) is 0 Å². The third kappa shape index (κ3) is 2.73. The first-order chi connectivity index (χ1) is 12.4. The minimum absolute atomic E-state index is 0.110. The normalized spacial score (nSPS) is 48.4. The van der Waals surface area contributed by atoms with Crippen LogP contribution in [-0.4, -0.2) is 35.2 Å². The van der Waals surface area contributed by atoms with Crippen molar-refractivity contribution in [2.45, 2.75) is 78.2 Å². The van der Waals surface area contributed by atoms with E-state index in [0.29, 0.717) is 23.3 Å². The van der Waals surface area contributed by atoms with Gasteiger partial charge in [-0.15, -0.1) is 0 Å². The number of hydrogen-bond acceptors (Lipinski definition) is 3. The number of rotatable bonds is 3. The van der Waals surface area contributed by atoms with Crippen molar-refractivity contribution in [3.63, 3.8) is 0 Å². The summed E-state index contributed by atoms with van der Waals surface area (Å²) in [4.78, 5) is 4.68.